The standard InChI is InChI=1S/C35H47NO11/c1-11-32(5)17-25(38)35(40)33(6)26(12-13-31(3,4)29(33)27(39)30(45-19(2)37)34(35,7)47-32)44-18-21-16-22(36-46-21)20-14-23(41-8)28(43-10)24(15-20)42-9/h11,14-16,26-27,29-30,39-40H,1,12-13,17-18H2,2-10H3/t26-,27-,29-,30-,32-,33-,34+,35-/m0/s1. The van der Waals surface area contributed by atoms with Crippen molar-refractivity contribution in [3.05, 3.63) is 36.6 Å². The fourth-order valence-electron chi connectivity index (χ4n) is 8.82. The van der Waals surface area contributed by atoms with E-state index >= 15 is 0 Å². The Bertz CT molecular complexity index is 1530. The first-order valence-corrected chi connectivity index (χ1v) is 15.8. The van der Waals surface area contributed by atoms with E-state index in [9.17, 15) is 19.8 Å². The molecule has 3 aliphatic rings. The van der Waals surface area contributed by atoms with Crippen LogP contribution >= 0.6 is 0 Å². The summed E-state index contributed by atoms with van der Waals surface area (Å²) >= 11 is 0. The lowest BCUT2D eigenvalue weighted by atomic mass is 9.39. The van der Waals surface area contributed by atoms with Crippen LogP contribution in [0, 0.1) is 16.7 Å². The first-order valence-electron chi connectivity index (χ1n) is 15.8. The highest BCUT2D eigenvalue weighted by Crippen LogP contribution is 2.67. The van der Waals surface area contributed by atoms with Crippen LogP contribution in [0.1, 0.15) is 66.6 Å². The molecule has 0 amide bonds. The Balaban J connectivity index is 1.53. The molecule has 3 fully saturated rings. The molecule has 1 saturated heterocycles. The first-order chi connectivity index (χ1) is 22.0. The summed E-state index contributed by atoms with van der Waals surface area (Å²) in [6, 6.07) is 5.23. The van der Waals surface area contributed by atoms with Crippen molar-refractivity contribution < 1.29 is 52.7 Å². The van der Waals surface area contributed by atoms with Gasteiger partial charge in [-0.15, -0.1) is 6.58 Å². The van der Waals surface area contributed by atoms with Gasteiger partial charge in [0.1, 0.15) is 17.9 Å². The molecule has 258 valence electrons. The van der Waals surface area contributed by atoms with Crippen molar-refractivity contribution in [1.82, 2.24) is 5.16 Å². The third-order valence-corrected chi connectivity index (χ3v) is 10.9. The molecule has 2 aliphatic carbocycles. The van der Waals surface area contributed by atoms with Crippen molar-refractivity contribution in [1.29, 1.82) is 0 Å². The number of carbonyl (C=O) groups is 2. The molecule has 0 radical (unpaired) electrons. The zero-order chi connectivity index (χ0) is 34.7. The van der Waals surface area contributed by atoms with E-state index in [0.29, 0.717) is 47.1 Å². The average Bonchev–Trinajstić information content (AvgIpc) is 3.49. The zero-order valence-electron chi connectivity index (χ0n) is 28.7. The van der Waals surface area contributed by atoms with Gasteiger partial charge < -0.3 is 43.2 Å². The number of rotatable bonds is 9. The maximum Gasteiger partial charge on any atom is 0.303 e. The highest BCUT2D eigenvalue weighted by atomic mass is 16.6. The Hall–Kier alpha value is -3.45. The highest BCUT2D eigenvalue weighted by molar-refractivity contribution is 5.92. The van der Waals surface area contributed by atoms with Crippen molar-refractivity contribution in [2.24, 2.45) is 16.7 Å². The average molecular weight is 658 g/mol. The number of aliphatic hydroxyl groups is 2. The van der Waals surface area contributed by atoms with E-state index in [1.54, 1.807) is 32.0 Å². The summed E-state index contributed by atoms with van der Waals surface area (Å²) in [5, 5.41) is 29.3. The molecule has 0 spiro atoms. The number of esters is 1. The molecule has 2 aromatic rings. The van der Waals surface area contributed by atoms with E-state index in [2.05, 4.69) is 11.7 Å². The molecule has 0 unspecified atom stereocenters. The molecular formula is C35H47NO11. The smallest absolute Gasteiger partial charge is 0.303 e. The predicted octanol–water partition coefficient (Wildman–Crippen LogP) is 4.43. The molecule has 1 aromatic carbocycles. The maximum atomic E-state index is 14.4. The van der Waals surface area contributed by atoms with Crippen LogP contribution in [0.5, 0.6) is 17.2 Å². The molecular weight excluding hydrogens is 610 g/mol. The van der Waals surface area contributed by atoms with Gasteiger partial charge in [0.2, 0.25) is 5.75 Å². The first kappa shape index (κ1) is 34.9. The van der Waals surface area contributed by atoms with Gasteiger partial charge in [-0.25, -0.2) is 0 Å². The summed E-state index contributed by atoms with van der Waals surface area (Å²) < 4.78 is 40.8. The van der Waals surface area contributed by atoms with Crippen LogP contribution in [0.25, 0.3) is 11.3 Å². The summed E-state index contributed by atoms with van der Waals surface area (Å²) in [6.07, 6.45) is -0.998. The quantitative estimate of drug-likeness (QED) is 0.290. The normalized spacial score (nSPS) is 36.1. The second-order valence-corrected chi connectivity index (χ2v) is 14.2. The van der Waals surface area contributed by atoms with Gasteiger partial charge in [0.15, 0.2) is 34.7 Å². The van der Waals surface area contributed by atoms with Gasteiger partial charge in [0, 0.05) is 36.3 Å². The van der Waals surface area contributed by atoms with E-state index in [1.165, 1.54) is 41.3 Å². The van der Waals surface area contributed by atoms with Crippen molar-refractivity contribution in [3.8, 4) is 28.5 Å². The van der Waals surface area contributed by atoms with Crippen molar-refractivity contribution in [2.75, 3.05) is 21.3 Å². The number of benzene rings is 1. The number of methoxy groups -OCH3 is 3. The lowest BCUT2D eigenvalue weighted by Gasteiger charge is -2.71. The van der Waals surface area contributed by atoms with Crippen LogP contribution in [0.2, 0.25) is 0 Å². The minimum absolute atomic E-state index is 0.0412. The van der Waals surface area contributed by atoms with Gasteiger partial charge in [0.05, 0.1) is 39.1 Å². The van der Waals surface area contributed by atoms with Crippen molar-refractivity contribution in [2.45, 2.75) is 103 Å². The number of Topliss-reactive ketones (excluding diaryl/α,β-unsaturated/α-hetero) is 1. The molecule has 8 atom stereocenters. The Labute approximate surface area is 275 Å². The van der Waals surface area contributed by atoms with Crippen LogP contribution in [0.4, 0.5) is 0 Å². The second-order valence-electron chi connectivity index (χ2n) is 14.2. The van der Waals surface area contributed by atoms with E-state index in [-0.39, 0.29) is 13.0 Å². The number of fused-ring (bicyclic) bond motifs is 3. The highest BCUT2D eigenvalue weighted by Gasteiger charge is 2.81. The number of hydrogen-bond acceptors (Lipinski definition) is 12. The summed E-state index contributed by atoms with van der Waals surface area (Å²) in [6.45, 7) is 14.0. The zero-order valence-corrected chi connectivity index (χ0v) is 28.7. The minimum Gasteiger partial charge on any atom is -0.493 e. The molecule has 2 heterocycles. The number of ketones is 1. The Kier molecular flexibility index (Phi) is 8.83. The number of carbonyl (C=O) groups excluding carboxylic acids is 2. The fraction of sp³-hybridized carbons (Fsp3) is 0.629. The number of aromatic nitrogens is 1. The fourth-order valence-corrected chi connectivity index (χ4v) is 8.82. The van der Waals surface area contributed by atoms with E-state index in [0.717, 1.165) is 0 Å². The predicted molar refractivity (Wildman–Crippen MR) is 169 cm³/mol. The topological polar surface area (TPSA) is 156 Å². The summed E-state index contributed by atoms with van der Waals surface area (Å²) in [7, 11) is 4.57. The van der Waals surface area contributed by atoms with Crippen LogP contribution in [0.15, 0.2) is 35.4 Å². The lowest BCUT2D eigenvalue weighted by Crippen LogP contribution is -2.86. The third kappa shape index (κ3) is 5.15. The van der Waals surface area contributed by atoms with Gasteiger partial charge in [-0.05, 0) is 44.2 Å². The van der Waals surface area contributed by atoms with Gasteiger partial charge in [-0.2, -0.15) is 0 Å². The molecule has 12 heteroatoms. The SMILES string of the molecule is C=C[C@@]1(C)CC(=O)[C@]2(O)[C@@]3(C)[C@@H](OCc4cc(-c5cc(OC)c(OC)c(OC)c5)no4)CCC(C)(C)[C@@H]3[C@H](O)[C@H](OC(C)=O)[C@@]2(C)O1. The summed E-state index contributed by atoms with van der Waals surface area (Å²) in [5.41, 5.74) is -6.07. The Morgan fingerprint density at radius 1 is 1.09 bits per heavy atom. The van der Waals surface area contributed by atoms with Gasteiger partial charge >= 0.3 is 5.97 Å². The summed E-state index contributed by atoms with van der Waals surface area (Å²) in [5.74, 6) is -0.151. The van der Waals surface area contributed by atoms with Crippen LogP contribution < -0.4 is 14.2 Å². The van der Waals surface area contributed by atoms with Gasteiger partial charge in [-0.3, -0.25) is 9.59 Å². The Morgan fingerprint density at radius 2 is 1.72 bits per heavy atom. The number of aliphatic hydroxyl groups excluding tert-OH is 1. The molecule has 1 aliphatic heterocycles. The molecule has 2 N–H and O–H groups in total. The summed E-state index contributed by atoms with van der Waals surface area (Å²) in [4.78, 5) is 26.7. The largest absolute Gasteiger partial charge is 0.493 e. The van der Waals surface area contributed by atoms with Crippen molar-refractivity contribution >= 4 is 11.8 Å². The molecule has 0 bridgehead atoms. The molecule has 12 nitrogen and oxygen atoms in total. The third-order valence-electron chi connectivity index (χ3n) is 10.9. The number of hydrogen-bond donors (Lipinski definition) is 2. The monoisotopic (exact) mass is 657 g/mol. The van der Waals surface area contributed by atoms with E-state index in [1.807, 2.05) is 13.8 Å². The van der Waals surface area contributed by atoms with E-state index < -0.39 is 63.6 Å². The van der Waals surface area contributed by atoms with Crippen LogP contribution in [-0.4, -0.2) is 83.6 Å². The minimum atomic E-state index is -2.22. The molecule has 5 rings (SSSR count). The maximum absolute atomic E-state index is 14.4. The van der Waals surface area contributed by atoms with Crippen LogP contribution in [-0.2, 0) is 30.4 Å². The number of ether oxygens (including phenoxy) is 6. The molecule has 47 heavy (non-hydrogen) atoms. The lowest BCUT2D eigenvalue weighted by molar-refractivity contribution is -0.373. The molecule has 2 saturated carbocycles. The van der Waals surface area contributed by atoms with E-state index in [4.69, 9.17) is 32.9 Å². The van der Waals surface area contributed by atoms with Crippen LogP contribution in [0.3, 0.4) is 0 Å². The molecule has 1 aromatic heterocycles. The number of nitrogens with zero attached hydrogens (tertiary/aromatic N) is 1. The van der Waals surface area contributed by atoms with Gasteiger partial charge in [0.25, 0.3) is 0 Å². The second kappa shape index (κ2) is 11.9. The van der Waals surface area contributed by atoms with Crippen molar-refractivity contribution in [3.63, 3.8) is 0 Å². The van der Waals surface area contributed by atoms with Gasteiger partial charge in [-0.1, -0.05) is 32.0 Å². The Morgan fingerprint density at radius 3 is 2.28 bits per heavy atom.